The predicted octanol–water partition coefficient (Wildman–Crippen LogP) is 3.81. The molecular formula is C21H26N6O2S2. The van der Waals surface area contributed by atoms with E-state index in [0.29, 0.717) is 17.4 Å². The van der Waals surface area contributed by atoms with Crippen LogP contribution < -0.4 is 16.2 Å². The molecule has 1 aliphatic carbocycles. The van der Waals surface area contributed by atoms with Gasteiger partial charge in [-0.15, -0.1) is 10.2 Å². The Kier molecular flexibility index (Phi) is 6.77. The summed E-state index contributed by atoms with van der Waals surface area (Å²) in [6.07, 6.45) is 6.15. The summed E-state index contributed by atoms with van der Waals surface area (Å²) in [5.74, 6) is -0.0787. The molecule has 1 aliphatic rings. The van der Waals surface area contributed by atoms with Crippen molar-refractivity contribution >= 4 is 39.8 Å². The standard InChI is InChI=1S/C21H26N6O2S2/c1-14-18(19(29)27(26(14)2)16-11-7-4-8-12-16)23-17(28)13-30-21-25-24-20(31-21)22-15-9-5-3-6-10-15/h4,7-8,11-12,15H,3,5-6,9-10,13H2,1-2H3,(H,22,24)(H,23,28). The van der Waals surface area contributed by atoms with Crippen LogP contribution in [0.3, 0.4) is 0 Å². The summed E-state index contributed by atoms with van der Waals surface area (Å²) in [5.41, 5.74) is 1.50. The van der Waals surface area contributed by atoms with E-state index in [1.807, 2.05) is 37.3 Å². The highest BCUT2D eigenvalue weighted by molar-refractivity contribution is 8.01. The molecule has 0 bridgehead atoms. The van der Waals surface area contributed by atoms with Gasteiger partial charge in [0.2, 0.25) is 11.0 Å². The Morgan fingerprint density at radius 3 is 2.68 bits per heavy atom. The summed E-state index contributed by atoms with van der Waals surface area (Å²) in [7, 11) is 1.80. The van der Waals surface area contributed by atoms with E-state index < -0.39 is 0 Å². The number of nitrogens with one attached hydrogen (secondary N) is 2. The minimum atomic E-state index is -0.251. The lowest BCUT2D eigenvalue weighted by Crippen LogP contribution is -2.23. The number of benzene rings is 1. The molecule has 0 radical (unpaired) electrons. The van der Waals surface area contributed by atoms with Crippen molar-refractivity contribution in [1.82, 2.24) is 19.6 Å². The van der Waals surface area contributed by atoms with E-state index in [1.54, 1.807) is 16.4 Å². The number of nitrogens with zero attached hydrogens (tertiary/aromatic N) is 4. The first-order chi connectivity index (χ1) is 15.0. The van der Waals surface area contributed by atoms with Crippen molar-refractivity contribution in [1.29, 1.82) is 0 Å². The highest BCUT2D eigenvalue weighted by atomic mass is 32.2. The summed E-state index contributed by atoms with van der Waals surface area (Å²) in [6, 6.07) is 9.83. The van der Waals surface area contributed by atoms with E-state index >= 15 is 0 Å². The molecule has 0 aliphatic heterocycles. The molecule has 1 fully saturated rings. The number of hydrogen-bond acceptors (Lipinski definition) is 7. The third-order valence-corrected chi connectivity index (χ3v) is 7.47. The van der Waals surface area contributed by atoms with Crippen molar-refractivity contribution in [2.75, 3.05) is 16.4 Å². The first kappa shape index (κ1) is 21.6. The SMILES string of the molecule is Cc1c(NC(=O)CSc2nnc(NC3CCCCC3)s2)c(=O)n(-c2ccccc2)n1C. The van der Waals surface area contributed by atoms with Crippen LogP contribution in [0.15, 0.2) is 39.5 Å². The van der Waals surface area contributed by atoms with E-state index in [1.165, 1.54) is 55.2 Å². The third-order valence-electron chi connectivity index (χ3n) is 5.48. The van der Waals surface area contributed by atoms with Crippen LogP contribution in [0.2, 0.25) is 0 Å². The largest absolute Gasteiger partial charge is 0.357 e. The van der Waals surface area contributed by atoms with Gasteiger partial charge in [0.05, 0.1) is 17.1 Å². The average molecular weight is 459 g/mol. The van der Waals surface area contributed by atoms with Crippen molar-refractivity contribution in [3.63, 3.8) is 0 Å². The number of thioether (sulfide) groups is 1. The summed E-state index contributed by atoms with van der Waals surface area (Å²) in [4.78, 5) is 25.4. The average Bonchev–Trinajstić information content (AvgIpc) is 3.31. The first-order valence-electron chi connectivity index (χ1n) is 10.4. The Bertz CT molecular complexity index is 1100. The van der Waals surface area contributed by atoms with E-state index in [-0.39, 0.29) is 17.2 Å². The smallest absolute Gasteiger partial charge is 0.295 e. The molecule has 0 atom stereocenters. The summed E-state index contributed by atoms with van der Waals surface area (Å²) in [5, 5.41) is 15.4. The quantitative estimate of drug-likeness (QED) is 0.523. The monoisotopic (exact) mass is 458 g/mol. The fourth-order valence-corrected chi connectivity index (χ4v) is 5.39. The molecule has 1 saturated carbocycles. The lowest BCUT2D eigenvalue weighted by atomic mass is 9.96. The maximum absolute atomic E-state index is 12.9. The fourth-order valence-electron chi connectivity index (χ4n) is 3.76. The highest BCUT2D eigenvalue weighted by Crippen LogP contribution is 2.28. The highest BCUT2D eigenvalue weighted by Gasteiger charge is 2.19. The topological polar surface area (TPSA) is 93.8 Å². The van der Waals surface area contributed by atoms with Gasteiger partial charge in [0.1, 0.15) is 5.69 Å². The number of anilines is 2. The van der Waals surface area contributed by atoms with Gasteiger partial charge in [-0.3, -0.25) is 14.3 Å². The first-order valence-corrected chi connectivity index (χ1v) is 12.2. The van der Waals surface area contributed by atoms with Gasteiger partial charge >= 0.3 is 0 Å². The van der Waals surface area contributed by atoms with Crippen LogP contribution in [0.25, 0.3) is 5.69 Å². The van der Waals surface area contributed by atoms with E-state index in [9.17, 15) is 9.59 Å². The lowest BCUT2D eigenvalue weighted by Gasteiger charge is -2.21. The van der Waals surface area contributed by atoms with Crippen molar-refractivity contribution < 1.29 is 4.79 Å². The van der Waals surface area contributed by atoms with Crippen LogP contribution in [-0.2, 0) is 11.8 Å². The van der Waals surface area contributed by atoms with Crippen LogP contribution in [0.1, 0.15) is 37.8 Å². The van der Waals surface area contributed by atoms with Crippen LogP contribution in [-0.4, -0.2) is 37.3 Å². The molecule has 0 spiro atoms. The Morgan fingerprint density at radius 1 is 1.19 bits per heavy atom. The van der Waals surface area contributed by atoms with Gasteiger partial charge in [-0.05, 0) is 31.9 Å². The number of amides is 1. The van der Waals surface area contributed by atoms with Crippen LogP contribution in [0.4, 0.5) is 10.8 Å². The molecule has 0 saturated heterocycles. The molecule has 8 nitrogen and oxygen atoms in total. The Morgan fingerprint density at radius 2 is 1.94 bits per heavy atom. The minimum Gasteiger partial charge on any atom is -0.357 e. The molecule has 4 rings (SSSR count). The molecule has 164 valence electrons. The zero-order valence-electron chi connectivity index (χ0n) is 17.6. The second-order valence-corrected chi connectivity index (χ2v) is 9.83. The Hall–Kier alpha value is -2.59. The fraction of sp³-hybridized carbons (Fsp3) is 0.429. The molecular weight excluding hydrogens is 432 g/mol. The number of carbonyl (C=O) groups excluding carboxylic acids is 1. The van der Waals surface area contributed by atoms with Gasteiger partial charge in [-0.2, -0.15) is 0 Å². The molecule has 2 aromatic heterocycles. The Balaban J connectivity index is 1.37. The number of para-hydroxylation sites is 1. The maximum Gasteiger partial charge on any atom is 0.295 e. The van der Waals surface area contributed by atoms with Gasteiger partial charge in [0.15, 0.2) is 4.34 Å². The van der Waals surface area contributed by atoms with E-state index in [4.69, 9.17) is 0 Å². The second kappa shape index (κ2) is 9.69. The zero-order valence-corrected chi connectivity index (χ0v) is 19.3. The lowest BCUT2D eigenvalue weighted by molar-refractivity contribution is -0.113. The van der Waals surface area contributed by atoms with E-state index in [2.05, 4.69) is 20.8 Å². The van der Waals surface area contributed by atoms with Crippen LogP contribution >= 0.6 is 23.1 Å². The summed E-state index contributed by atoms with van der Waals surface area (Å²) < 4.78 is 4.03. The molecule has 1 amide bonds. The van der Waals surface area contributed by atoms with Gasteiger partial charge in [-0.25, -0.2) is 4.68 Å². The molecule has 10 heteroatoms. The van der Waals surface area contributed by atoms with Crippen molar-refractivity contribution in [3.8, 4) is 5.69 Å². The summed E-state index contributed by atoms with van der Waals surface area (Å²) in [6.45, 7) is 1.82. The second-order valence-electron chi connectivity index (χ2n) is 7.63. The van der Waals surface area contributed by atoms with Crippen molar-refractivity contribution in [2.24, 2.45) is 7.05 Å². The van der Waals surface area contributed by atoms with Crippen LogP contribution in [0, 0.1) is 6.92 Å². The zero-order chi connectivity index (χ0) is 21.8. The Labute approximate surface area is 189 Å². The van der Waals surface area contributed by atoms with Gasteiger partial charge in [0.25, 0.3) is 5.56 Å². The maximum atomic E-state index is 12.9. The normalized spacial score (nSPS) is 14.5. The molecule has 3 aromatic rings. The van der Waals surface area contributed by atoms with Crippen molar-refractivity contribution in [2.45, 2.75) is 49.4 Å². The molecule has 2 N–H and O–H groups in total. The third kappa shape index (κ3) is 5.01. The van der Waals surface area contributed by atoms with Crippen molar-refractivity contribution in [3.05, 3.63) is 46.4 Å². The van der Waals surface area contributed by atoms with Gasteiger partial charge in [0, 0.05) is 13.1 Å². The summed E-state index contributed by atoms with van der Waals surface area (Å²) >= 11 is 2.79. The molecule has 2 heterocycles. The number of hydrogen-bond donors (Lipinski definition) is 2. The predicted molar refractivity (Wildman–Crippen MR) is 126 cm³/mol. The minimum absolute atomic E-state index is 0.164. The van der Waals surface area contributed by atoms with Gasteiger partial charge < -0.3 is 10.6 Å². The molecule has 0 unspecified atom stereocenters. The molecule has 1 aromatic carbocycles. The van der Waals surface area contributed by atoms with Gasteiger partial charge in [-0.1, -0.05) is 60.6 Å². The van der Waals surface area contributed by atoms with Crippen LogP contribution in [0.5, 0.6) is 0 Å². The number of carbonyl (C=O) groups is 1. The number of aromatic nitrogens is 4. The number of rotatable bonds is 7. The van der Waals surface area contributed by atoms with E-state index in [0.717, 1.165) is 15.2 Å². The molecule has 31 heavy (non-hydrogen) atoms.